The topological polar surface area (TPSA) is 162 Å². The van der Waals surface area contributed by atoms with Gasteiger partial charge in [0.15, 0.2) is 0 Å². The molecule has 488 valence electrons. The van der Waals surface area contributed by atoms with Gasteiger partial charge in [0.25, 0.3) is 0 Å². The minimum atomic E-state index is -1.10. The largest absolute Gasteiger partial charge is 0.395 e. The summed E-state index contributed by atoms with van der Waals surface area (Å²) in [5, 5.41) is 89.9. The van der Waals surface area contributed by atoms with Crippen LogP contribution in [0.15, 0.2) is 243 Å². The van der Waals surface area contributed by atoms with Crippen molar-refractivity contribution in [3.63, 3.8) is 0 Å². The number of terminal acetylenes is 4. The van der Waals surface area contributed by atoms with Gasteiger partial charge in [-0.2, -0.15) is 0 Å². The van der Waals surface area contributed by atoms with Crippen molar-refractivity contribution in [3.05, 3.63) is 332 Å². The molecule has 0 aromatic heterocycles. The number of aliphatic hydroxyl groups excluding tert-OH is 8. The Kier molecular flexibility index (Phi) is 15.6. The van der Waals surface area contributed by atoms with E-state index in [1.54, 1.807) is 0 Å². The summed E-state index contributed by atoms with van der Waals surface area (Å²) < 4.78 is 0. The van der Waals surface area contributed by atoms with Gasteiger partial charge in [0.05, 0.1) is 79.9 Å². The van der Waals surface area contributed by atoms with Gasteiger partial charge in [-0.15, -0.1) is 25.7 Å². The Morgan fingerprint density at radius 3 is 0.535 bits per heavy atom. The third-order valence-corrected chi connectivity index (χ3v) is 22.9. The zero-order chi connectivity index (χ0) is 69.7. The van der Waals surface area contributed by atoms with Gasteiger partial charge in [0.2, 0.25) is 0 Å². The van der Waals surface area contributed by atoms with Crippen LogP contribution in [0.3, 0.4) is 0 Å². The Bertz CT molecular complexity index is 4860. The Labute approximate surface area is 587 Å². The SMILES string of the molecule is C#Cc1ccc2c(c1)C(CO)(CO)c1cc(-c3ccc(C(c4ccc(-c5ccc6c(c5)C(CO)(CO)c5cc(C#C)ccc5-6)cc4)(c4ccc(-c5ccc6c(c5)C(CO)(CO)c5cc(C#C)ccc5-6)cc4)c4ccc(-c5ccc6c(c5)C(CO)(CO)c5cc(C#C)ccc5-6)cc4)cc3)ccc1-2. The quantitative estimate of drug-likeness (QED) is 0.0350. The van der Waals surface area contributed by atoms with Crippen molar-refractivity contribution < 1.29 is 40.9 Å². The maximum atomic E-state index is 11.2. The number of hydrogen-bond acceptors (Lipinski definition) is 8. The van der Waals surface area contributed by atoms with Gasteiger partial charge >= 0.3 is 0 Å². The number of fused-ring (bicyclic) bond motifs is 12. The molecule has 16 rings (SSSR count). The van der Waals surface area contributed by atoms with E-state index in [0.29, 0.717) is 22.3 Å². The highest BCUT2D eigenvalue weighted by Gasteiger charge is 2.48. The lowest BCUT2D eigenvalue weighted by molar-refractivity contribution is 0.146. The molecule has 0 saturated carbocycles. The number of benzene rings is 12. The van der Waals surface area contributed by atoms with E-state index in [0.717, 1.165) is 156 Å². The molecule has 12 aromatic rings. The molecular weight excluding hydrogens is 1250 g/mol. The molecule has 8 heteroatoms. The molecule has 0 atom stereocenters. The fraction of sp³-hybridized carbons (Fsp3) is 0.140. The number of aliphatic hydroxyl groups is 8. The van der Waals surface area contributed by atoms with Gasteiger partial charge in [-0.3, -0.25) is 0 Å². The Hall–Kier alpha value is -11.4. The Balaban J connectivity index is 0.876. The number of hydrogen-bond donors (Lipinski definition) is 8. The summed E-state index contributed by atoms with van der Waals surface area (Å²) in [6, 6.07) is 82.2. The summed E-state index contributed by atoms with van der Waals surface area (Å²) in [5.41, 5.74) is 21.7. The maximum Gasteiger partial charge on any atom is 0.0701 e. The molecule has 0 amide bonds. The van der Waals surface area contributed by atoms with E-state index in [9.17, 15) is 40.9 Å². The van der Waals surface area contributed by atoms with Crippen LogP contribution in [-0.4, -0.2) is 93.7 Å². The zero-order valence-corrected chi connectivity index (χ0v) is 55.1. The molecule has 0 unspecified atom stereocenters. The molecule has 0 spiro atoms. The minimum absolute atomic E-state index is 0.332. The van der Waals surface area contributed by atoms with Crippen molar-refractivity contribution in [2.75, 3.05) is 52.9 Å². The highest BCUT2D eigenvalue weighted by atomic mass is 16.3. The van der Waals surface area contributed by atoms with Crippen LogP contribution in [0.1, 0.15) is 89.0 Å². The van der Waals surface area contributed by atoms with E-state index in [1.807, 2.05) is 72.8 Å². The fourth-order valence-corrected chi connectivity index (χ4v) is 17.3. The van der Waals surface area contributed by atoms with E-state index in [1.165, 1.54) is 0 Å². The van der Waals surface area contributed by atoms with Gasteiger partial charge in [-0.1, -0.05) is 194 Å². The first-order chi connectivity index (χ1) is 49.3. The highest BCUT2D eigenvalue weighted by Crippen LogP contribution is 2.56. The summed E-state index contributed by atoms with van der Waals surface area (Å²) in [6.45, 7) is -2.66. The smallest absolute Gasteiger partial charge is 0.0701 e. The molecule has 0 bridgehead atoms. The van der Waals surface area contributed by atoms with Gasteiger partial charge in [-0.25, -0.2) is 0 Å². The molecule has 0 heterocycles. The third kappa shape index (κ3) is 9.20. The lowest BCUT2D eigenvalue weighted by atomic mass is 9.64. The molecule has 101 heavy (non-hydrogen) atoms. The van der Waals surface area contributed by atoms with Crippen LogP contribution < -0.4 is 0 Å². The second-order valence-electron chi connectivity index (χ2n) is 27.3. The Morgan fingerprint density at radius 1 is 0.208 bits per heavy atom. The standard InChI is InChI=1S/C93H68O8/c1-5-57-9-33-73-77-37-21-65(45-85(77)89(49-94,50-95)81(73)41-57)61-13-25-69(26-14-61)93(70-27-15-62(16-28-70)66-22-38-78-74-34-10-58(6-2)42-82(74)90(51-96,52-97)86(78)46-66,71-29-17-63(18-30-71)67-23-39-79-75-35-11-59(7-3)43-83(75)91(53-98,54-99)87(79)47-67)72-31-19-64(20-32-72)68-24-40-80-76-36-12-60(8-4)44-84(76)92(55-100,56-101)88(80)48-68/h1-4,9-48,94-101H,49-56H2. The van der Waals surface area contributed by atoms with E-state index >= 15 is 0 Å². The summed E-state index contributed by atoms with van der Waals surface area (Å²) in [7, 11) is 0. The lowest BCUT2D eigenvalue weighted by Crippen LogP contribution is -2.34. The van der Waals surface area contributed by atoms with Crippen LogP contribution in [0.2, 0.25) is 0 Å². The van der Waals surface area contributed by atoms with Crippen molar-refractivity contribution in [2.45, 2.75) is 27.1 Å². The molecular formula is C93H68O8. The second kappa shape index (κ2) is 24.5. The third-order valence-electron chi connectivity index (χ3n) is 22.9. The first-order valence-corrected chi connectivity index (χ1v) is 33.7. The normalized spacial score (nSPS) is 14.5. The van der Waals surface area contributed by atoms with E-state index in [4.69, 9.17) is 25.7 Å². The van der Waals surface area contributed by atoms with Gasteiger partial charge in [0.1, 0.15) is 0 Å². The number of rotatable bonds is 16. The van der Waals surface area contributed by atoms with E-state index < -0.39 is 27.1 Å². The average Bonchev–Trinajstić information content (AvgIpc) is 1.74. The van der Waals surface area contributed by atoms with Gasteiger partial charge < -0.3 is 40.9 Å². The summed E-state index contributed by atoms with van der Waals surface area (Å²) in [4.78, 5) is 0. The van der Waals surface area contributed by atoms with E-state index in [2.05, 4.69) is 194 Å². The summed E-state index contributed by atoms with van der Waals surface area (Å²) in [5.74, 6) is 10.9. The molecule has 0 radical (unpaired) electrons. The zero-order valence-electron chi connectivity index (χ0n) is 55.1. The van der Waals surface area contributed by atoms with Gasteiger partial charge in [0, 0.05) is 22.3 Å². The molecule has 0 fully saturated rings. The van der Waals surface area contributed by atoms with Crippen LogP contribution in [0.25, 0.3) is 89.0 Å². The monoisotopic (exact) mass is 1310 g/mol. The molecule has 12 aromatic carbocycles. The van der Waals surface area contributed by atoms with Crippen LogP contribution in [-0.2, 0) is 27.1 Å². The van der Waals surface area contributed by atoms with Crippen LogP contribution in [0.5, 0.6) is 0 Å². The molecule has 0 aliphatic heterocycles. The van der Waals surface area contributed by atoms with Crippen LogP contribution in [0, 0.1) is 49.4 Å². The molecule has 4 aliphatic rings. The first kappa shape index (κ1) is 64.2. The maximum absolute atomic E-state index is 11.2. The Morgan fingerprint density at radius 2 is 0.366 bits per heavy atom. The fourth-order valence-electron chi connectivity index (χ4n) is 17.3. The molecule has 0 saturated heterocycles. The molecule has 8 N–H and O–H groups in total. The van der Waals surface area contributed by atoms with Crippen molar-refractivity contribution in [3.8, 4) is 138 Å². The van der Waals surface area contributed by atoms with Gasteiger partial charge in [-0.05, 0) is 229 Å². The van der Waals surface area contributed by atoms with Crippen molar-refractivity contribution in [1.29, 1.82) is 0 Å². The molecule has 8 nitrogen and oxygen atoms in total. The van der Waals surface area contributed by atoms with Crippen molar-refractivity contribution in [2.24, 2.45) is 0 Å². The lowest BCUT2D eigenvalue weighted by Gasteiger charge is -2.37. The average molecular weight is 1310 g/mol. The summed E-state index contributed by atoms with van der Waals surface area (Å²) >= 11 is 0. The minimum Gasteiger partial charge on any atom is -0.395 e. The van der Waals surface area contributed by atoms with E-state index in [-0.39, 0.29) is 52.9 Å². The van der Waals surface area contributed by atoms with Crippen molar-refractivity contribution >= 4 is 0 Å². The predicted octanol–water partition coefficient (Wildman–Crippen LogP) is 13.7. The van der Waals surface area contributed by atoms with Crippen molar-refractivity contribution in [1.82, 2.24) is 0 Å². The first-order valence-electron chi connectivity index (χ1n) is 33.7. The second-order valence-corrected chi connectivity index (χ2v) is 27.3. The van der Waals surface area contributed by atoms with Crippen LogP contribution >= 0.6 is 0 Å². The predicted molar refractivity (Wildman–Crippen MR) is 400 cm³/mol. The molecule has 4 aliphatic carbocycles. The van der Waals surface area contributed by atoms with Crippen LogP contribution in [0.4, 0.5) is 0 Å². The highest BCUT2D eigenvalue weighted by molar-refractivity contribution is 5.90. The summed E-state index contributed by atoms with van der Waals surface area (Å²) in [6.07, 6.45) is 23.6.